The van der Waals surface area contributed by atoms with Gasteiger partial charge in [-0.15, -0.1) is 0 Å². The minimum atomic E-state index is -5.02. The maximum atomic E-state index is 13.9. The predicted octanol–water partition coefficient (Wildman–Crippen LogP) is 4.13. The summed E-state index contributed by atoms with van der Waals surface area (Å²) in [6.45, 7) is 0. The Kier molecular flexibility index (Phi) is 9.55. The van der Waals surface area contributed by atoms with E-state index in [0.29, 0.717) is 16.5 Å². The number of carboxylic acid groups (broad SMARTS) is 1. The fraction of sp³-hybridized carbons (Fsp3) is 0. The highest BCUT2D eigenvalue weighted by molar-refractivity contribution is 7.91. The van der Waals surface area contributed by atoms with Crippen LogP contribution in [0.1, 0.15) is 31.8 Å². The van der Waals surface area contributed by atoms with Crippen LogP contribution in [0.4, 0.5) is 22.7 Å². The van der Waals surface area contributed by atoms with Crippen molar-refractivity contribution in [2.75, 3.05) is 22.0 Å². The van der Waals surface area contributed by atoms with Gasteiger partial charge in [0.25, 0.3) is 20.2 Å². The number of carbonyl (C=O) groups excluding carboxylic acids is 3. The highest BCUT2D eigenvalue weighted by Gasteiger charge is 2.35. The first-order valence-corrected chi connectivity index (χ1v) is 19.1. The van der Waals surface area contributed by atoms with Crippen LogP contribution in [0.2, 0.25) is 0 Å². The van der Waals surface area contributed by atoms with Crippen molar-refractivity contribution in [2.24, 2.45) is 15.3 Å². The van der Waals surface area contributed by atoms with E-state index in [2.05, 4.69) is 31.6 Å². The molecule has 0 spiro atoms. The minimum Gasteiger partial charge on any atom is -0.478 e. The lowest BCUT2D eigenvalue weighted by Crippen LogP contribution is -2.28. The minimum absolute atomic E-state index is 0.0406. The van der Waals surface area contributed by atoms with Gasteiger partial charge in [0.2, 0.25) is 11.6 Å². The molecule has 3 aliphatic carbocycles. The molecule has 7 rings (SSSR count). The number of carbonyl (C=O) groups is 4. The van der Waals surface area contributed by atoms with Crippen molar-refractivity contribution in [1.29, 1.82) is 0 Å². The maximum absolute atomic E-state index is 13.9. The highest BCUT2D eigenvalue weighted by Crippen LogP contribution is 2.33. The van der Waals surface area contributed by atoms with Gasteiger partial charge in [-0.3, -0.25) is 39.8 Å². The van der Waals surface area contributed by atoms with Gasteiger partial charge in [0.05, 0.1) is 22.8 Å². The number of hydrazone groups is 3. The van der Waals surface area contributed by atoms with Crippen molar-refractivity contribution in [2.45, 2.75) is 0 Å². The number of nitrogens with one attached hydrogen (secondary N) is 3. The summed E-state index contributed by atoms with van der Waals surface area (Å²) in [4.78, 5) is 48.7. The molecule has 0 atom stereocenters. The third-order valence-electron chi connectivity index (χ3n) is 8.65. The Hall–Kier alpha value is -7.39. The number of hydrogen-bond donors (Lipinski definition) is 7. The van der Waals surface area contributed by atoms with Crippen molar-refractivity contribution in [3.05, 3.63) is 129 Å². The van der Waals surface area contributed by atoms with Crippen molar-refractivity contribution in [3.63, 3.8) is 0 Å². The topological polar surface area (TPSA) is 296 Å². The van der Waals surface area contributed by atoms with Crippen LogP contribution >= 0.6 is 0 Å². The summed E-state index contributed by atoms with van der Waals surface area (Å²) in [5.74, 6) is -3.88. The molecule has 0 fully saturated rings. The Morgan fingerprint density at radius 2 is 1.21 bits per heavy atom. The van der Waals surface area contributed by atoms with Crippen molar-refractivity contribution in [1.82, 2.24) is 0 Å². The molecule has 3 aliphatic rings. The number of nitrogens with zero attached hydrogens (tertiary/aromatic N) is 3. The van der Waals surface area contributed by atoms with E-state index in [1.165, 1.54) is 48.5 Å². The number of fused-ring (bicyclic) bond motifs is 3. The molecule has 4 aromatic rings. The summed E-state index contributed by atoms with van der Waals surface area (Å²) in [6.07, 6.45) is 5.59. The molecule has 286 valence electrons. The Morgan fingerprint density at radius 3 is 1.82 bits per heavy atom. The number of hydrogen-bond acceptors (Lipinski definition) is 15. The number of anilines is 4. The number of Topliss-reactive ketones (excluding diaryl/α,β-unsaturated/α-hetero) is 2. The molecule has 0 radical (unpaired) electrons. The number of carboxylic acids is 1. The number of rotatable bonds is 9. The zero-order valence-electron chi connectivity index (χ0n) is 28.7. The zero-order chi connectivity index (χ0) is 40.8. The molecule has 0 saturated carbocycles. The van der Waals surface area contributed by atoms with Crippen molar-refractivity contribution in [3.8, 4) is 0 Å². The van der Waals surface area contributed by atoms with Crippen LogP contribution in [0.25, 0.3) is 22.9 Å². The fourth-order valence-corrected chi connectivity index (χ4v) is 7.29. The van der Waals surface area contributed by atoms with Gasteiger partial charge in [0.1, 0.15) is 15.4 Å². The summed E-state index contributed by atoms with van der Waals surface area (Å²) in [5.41, 5.74) is 13.3. The molecule has 0 bridgehead atoms. The monoisotopic (exact) mass is 807 g/mol. The van der Waals surface area contributed by atoms with E-state index in [-0.39, 0.29) is 45.0 Å². The first kappa shape index (κ1) is 37.9. The van der Waals surface area contributed by atoms with Gasteiger partial charge >= 0.3 is 5.97 Å². The lowest BCUT2D eigenvalue weighted by molar-refractivity contribution is -0.134. The molecule has 20 heteroatoms. The highest BCUT2D eigenvalue weighted by atomic mass is 32.2. The van der Waals surface area contributed by atoms with E-state index in [0.717, 1.165) is 24.3 Å². The molecule has 57 heavy (non-hydrogen) atoms. The van der Waals surface area contributed by atoms with E-state index in [1.807, 2.05) is 0 Å². The normalized spacial score (nSPS) is 17.5. The average molecular weight is 808 g/mol. The lowest BCUT2D eigenvalue weighted by atomic mass is 9.94. The molecule has 0 saturated heterocycles. The number of allylic oxidation sites excluding steroid dienone is 5. The van der Waals surface area contributed by atoms with Gasteiger partial charge < -0.3 is 10.8 Å². The van der Waals surface area contributed by atoms with Gasteiger partial charge in [0.15, 0.2) is 17.2 Å². The number of aliphatic carboxylic acids is 1. The molecular weight excluding hydrogens is 783 g/mol. The van der Waals surface area contributed by atoms with Gasteiger partial charge in [-0.1, -0.05) is 30.3 Å². The maximum Gasteiger partial charge on any atom is 0.339 e. The van der Waals surface area contributed by atoms with Gasteiger partial charge in [-0.05, 0) is 84.0 Å². The van der Waals surface area contributed by atoms with Gasteiger partial charge in [-0.25, -0.2) is 4.79 Å². The Morgan fingerprint density at radius 1 is 0.632 bits per heavy atom. The zero-order valence-corrected chi connectivity index (χ0v) is 30.3. The van der Waals surface area contributed by atoms with Crippen LogP contribution in [0, 0.1) is 0 Å². The van der Waals surface area contributed by atoms with E-state index in [1.54, 1.807) is 30.3 Å². The lowest BCUT2D eigenvalue weighted by Gasteiger charge is -2.18. The third-order valence-corrected chi connectivity index (χ3v) is 10.4. The molecule has 18 nitrogen and oxygen atoms in total. The second-order valence-electron chi connectivity index (χ2n) is 12.3. The standard InChI is InChI=1S/C37H25N7O11S2/c38-20-6-9-23-19(13-20)15-32(57(53,54)55)33(35(23)46)43-40-21-7-5-18-14-31(56(50,51)52)34(36(47)26(18)16-21)44-42-29-11-10-28(24-3-1-2-4-25(24)29)41-39-22-8-12-30(45)27(17-22)37(48)49/h1-17,40-42H,38H2,(H,48,49)(H,50,51,52)(H,53,54,55)/b39-22-,43-33-,44-34+. The average Bonchev–Trinajstić information content (AvgIpc) is 3.16. The molecule has 0 heterocycles. The van der Waals surface area contributed by atoms with Crippen LogP contribution in [0.3, 0.4) is 0 Å². The van der Waals surface area contributed by atoms with Crippen molar-refractivity contribution < 1.29 is 50.2 Å². The number of ketones is 3. The van der Waals surface area contributed by atoms with Crippen LogP contribution in [0.15, 0.2) is 122 Å². The summed E-state index contributed by atoms with van der Waals surface area (Å²) in [6, 6.07) is 17.9. The Bertz CT molecular complexity index is 2980. The Labute approximate surface area is 321 Å². The summed E-state index contributed by atoms with van der Waals surface area (Å²) in [5, 5.41) is 22.5. The smallest absolute Gasteiger partial charge is 0.339 e. The van der Waals surface area contributed by atoms with E-state index < -0.39 is 70.4 Å². The van der Waals surface area contributed by atoms with Gasteiger partial charge in [-0.2, -0.15) is 32.1 Å². The molecule has 0 aromatic heterocycles. The first-order chi connectivity index (χ1) is 27.0. The van der Waals surface area contributed by atoms with E-state index in [9.17, 15) is 50.2 Å². The fourth-order valence-electron chi connectivity index (χ4n) is 5.97. The number of benzene rings is 4. The molecule has 0 amide bonds. The van der Waals surface area contributed by atoms with Gasteiger partial charge in [0, 0.05) is 27.6 Å². The van der Waals surface area contributed by atoms with Crippen LogP contribution in [-0.4, -0.2) is 71.5 Å². The first-order valence-electron chi connectivity index (χ1n) is 16.2. The van der Waals surface area contributed by atoms with Crippen LogP contribution in [0.5, 0.6) is 0 Å². The van der Waals surface area contributed by atoms with Crippen molar-refractivity contribution >= 4 is 106 Å². The molecule has 0 unspecified atom stereocenters. The quantitative estimate of drug-likeness (QED) is 0.0411. The largest absolute Gasteiger partial charge is 0.478 e. The molecule has 4 aromatic carbocycles. The summed E-state index contributed by atoms with van der Waals surface area (Å²) >= 11 is 0. The summed E-state index contributed by atoms with van der Waals surface area (Å²) in [7, 11) is -9.97. The second kappa shape index (κ2) is 14.4. The number of nitrogens with two attached hydrogens (primary N) is 1. The van der Waals surface area contributed by atoms with Crippen LogP contribution < -0.4 is 22.0 Å². The third kappa shape index (κ3) is 7.51. The molecular formula is C37H25N7O11S2. The molecule has 0 aliphatic heterocycles. The van der Waals surface area contributed by atoms with E-state index in [4.69, 9.17) is 5.73 Å². The van der Waals surface area contributed by atoms with E-state index >= 15 is 0 Å². The SMILES string of the molecule is Nc1ccc2c(c1)C=C(S(=O)(=O)O)/C(=N/Nc1ccc3c(c1)C(=O)/C(=N/Nc1ccc(N/N=C4/C=CC(=O)C(C(=O)O)=C4)c4ccccc14)C(S(=O)(=O)O)=C3)C2=O. The predicted molar refractivity (Wildman–Crippen MR) is 212 cm³/mol. The Balaban J connectivity index is 1.19. The molecule has 8 N–H and O–H groups in total. The summed E-state index contributed by atoms with van der Waals surface area (Å²) < 4.78 is 69.4. The number of nitrogen functional groups attached to an aromatic ring is 1. The van der Waals surface area contributed by atoms with Crippen LogP contribution in [-0.2, 0) is 29.8 Å². The second-order valence-corrected chi connectivity index (χ2v) is 15.1.